The summed E-state index contributed by atoms with van der Waals surface area (Å²) in [4.78, 5) is 24.6. The van der Waals surface area contributed by atoms with Crippen LogP contribution >= 0.6 is 0 Å². The number of alkyl halides is 3. The van der Waals surface area contributed by atoms with Gasteiger partial charge in [0.2, 0.25) is 0 Å². The number of para-hydroxylation sites is 2. The maximum Gasteiger partial charge on any atom is 0.416 e. The molecule has 1 heterocycles. The molecule has 8 heteroatoms. The number of aromatic nitrogens is 2. The van der Waals surface area contributed by atoms with Crippen molar-refractivity contribution >= 4 is 17.0 Å². The highest BCUT2D eigenvalue weighted by Crippen LogP contribution is 2.31. The third kappa shape index (κ3) is 4.27. The second-order valence-electron chi connectivity index (χ2n) is 7.41. The van der Waals surface area contributed by atoms with Crippen molar-refractivity contribution < 1.29 is 23.1 Å². The van der Waals surface area contributed by atoms with Gasteiger partial charge in [-0.15, -0.1) is 0 Å². The molecule has 3 aromatic rings. The van der Waals surface area contributed by atoms with Gasteiger partial charge in [-0.3, -0.25) is 13.9 Å². The number of nitrogens with zero attached hydrogens (tertiary/aromatic N) is 2. The predicted octanol–water partition coefficient (Wildman–Crippen LogP) is 4.99. The molecule has 0 aliphatic rings. The Hall–Kier alpha value is -3.03. The largest absolute Gasteiger partial charge is 0.481 e. The summed E-state index contributed by atoms with van der Waals surface area (Å²) in [6, 6.07) is 9.90. The highest BCUT2D eigenvalue weighted by atomic mass is 19.4. The molecule has 2 aromatic carbocycles. The molecule has 5 nitrogen and oxygen atoms in total. The fourth-order valence-corrected chi connectivity index (χ4v) is 3.78. The van der Waals surface area contributed by atoms with E-state index >= 15 is 0 Å². The molecule has 0 fully saturated rings. The number of rotatable bonds is 7. The Bertz CT molecular complexity index is 1130. The standard InChI is InChI=1S/C22H23F3N2O3/c1-3-6-17(12-20(28)29)27-19-8-5-4-7-18(19)26(21(27)30)13-15-11-16(22(23,24)25)10-9-14(15)2/h4-5,7-11,17H,3,6,12-13H2,1-2H3,(H,28,29). The normalized spacial score (nSPS) is 13.0. The van der Waals surface area contributed by atoms with Gasteiger partial charge in [0, 0.05) is 6.04 Å². The maximum absolute atomic E-state index is 13.3. The van der Waals surface area contributed by atoms with Crippen molar-refractivity contribution in [2.75, 3.05) is 0 Å². The number of aryl methyl sites for hydroxylation is 1. The topological polar surface area (TPSA) is 64.2 Å². The number of carbonyl (C=O) groups is 1. The van der Waals surface area contributed by atoms with Crippen molar-refractivity contribution in [2.24, 2.45) is 0 Å². The number of hydrogen-bond acceptors (Lipinski definition) is 2. The van der Waals surface area contributed by atoms with Gasteiger partial charge < -0.3 is 5.11 Å². The highest BCUT2D eigenvalue weighted by molar-refractivity contribution is 5.77. The minimum absolute atomic E-state index is 0.0337. The second-order valence-corrected chi connectivity index (χ2v) is 7.41. The Morgan fingerprint density at radius 1 is 1.13 bits per heavy atom. The van der Waals surface area contributed by atoms with Gasteiger partial charge in [0.15, 0.2) is 0 Å². The van der Waals surface area contributed by atoms with Crippen LogP contribution in [0.4, 0.5) is 13.2 Å². The van der Waals surface area contributed by atoms with Crippen molar-refractivity contribution in [1.82, 2.24) is 9.13 Å². The highest BCUT2D eigenvalue weighted by Gasteiger charge is 2.31. The average molecular weight is 420 g/mol. The lowest BCUT2D eigenvalue weighted by molar-refractivity contribution is -0.138. The first-order valence-electron chi connectivity index (χ1n) is 9.71. The lowest BCUT2D eigenvalue weighted by Gasteiger charge is -2.16. The van der Waals surface area contributed by atoms with Crippen LogP contribution in [0.25, 0.3) is 11.0 Å². The Morgan fingerprint density at radius 2 is 1.80 bits per heavy atom. The molecule has 0 aliphatic carbocycles. The molecule has 3 rings (SSSR count). The Labute approximate surface area is 171 Å². The van der Waals surface area contributed by atoms with E-state index in [9.17, 15) is 27.9 Å². The Kier molecular flexibility index (Phi) is 6.05. The lowest BCUT2D eigenvalue weighted by Crippen LogP contribution is -2.29. The molecule has 0 amide bonds. The lowest BCUT2D eigenvalue weighted by atomic mass is 10.0. The molecule has 1 aromatic heterocycles. The van der Waals surface area contributed by atoms with Gasteiger partial charge in [-0.1, -0.05) is 31.5 Å². The number of imidazole rings is 1. The first-order valence-corrected chi connectivity index (χ1v) is 9.71. The summed E-state index contributed by atoms with van der Waals surface area (Å²) in [5, 5.41) is 9.29. The number of halogens is 3. The molecular formula is C22H23F3N2O3. The molecule has 0 saturated carbocycles. The summed E-state index contributed by atoms with van der Waals surface area (Å²) in [7, 11) is 0. The number of carboxylic acids is 1. The fourth-order valence-electron chi connectivity index (χ4n) is 3.78. The average Bonchev–Trinajstić information content (AvgIpc) is 2.93. The van der Waals surface area contributed by atoms with Gasteiger partial charge >= 0.3 is 17.8 Å². The number of hydrogen-bond donors (Lipinski definition) is 1. The van der Waals surface area contributed by atoms with Crippen LogP contribution in [0, 0.1) is 6.92 Å². The molecule has 0 radical (unpaired) electrons. The van der Waals surface area contributed by atoms with E-state index in [1.807, 2.05) is 6.92 Å². The van der Waals surface area contributed by atoms with Gasteiger partial charge in [0.25, 0.3) is 0 Å². The zero-order chi connectivity index (χ0) is 22.1. The summed E-state index contributed by atoms with van der Waals surface area (Å²) in [5.74, 6) is -1.01. The fraction of sp³-hybridized carbons (Fsp3) is 0.364. The van der Waals surface area contributed by atoms with E-state index in [2.05, 4.69) is 0 Å². The van der Waals surface area contributed by atoms with Crippen molar-refractivity contribution in [3.05, 3.63) is 69.6 Å². The zero-order valence-electron chi connectivity index (χ0n) is 16.7. The summed E-state index contributed by atoms with van der Waals surface area (Å²) in [6.45, 7) is 3.57. The van der Waals surface area contributed by atoms with Crippen molar-refractivity contribution in [1.29, 1.82) is 0 Å². The van der Waals surface area contributed by atoms with E-state index in [0.717, 1.165) is 12.1 Å². The van der Waals surface area contributed by atoms with Gasteiger partial charge in [-0.2, -0.15) is 13.2 Å². The van der Waals surface area contributed by atoms with Gasteiger partial charge in [-0.25, -0.2) is 4.79 Å². The molecule has 0 saturated heterocycles. The van der Waals surface area contributed by atoms with Crippen LogP contribution in [0.3, 0.4) is 0 Å². The maximum atomic E-state index is 13.3. The van der Waals surface area contributed by atoms with Crippen LogP contribution in [0.15, 0.2) is 47.3 Å². The monoisotopic (exact) mass is 420 g/mol. The molecule has 0 bridgehead atoms. The molecule has 1 unspecified atom stereocenters. The van der Waals surface area contributed by atoms with Crippen LogP contribution in [0.2, 0.25) is 0 Å². The van der Waals surface area contributed by atoms with Crippen molar-refractivity contribution in [2.45, 2.75) is 51.9 Å². The molecule has 160 valence electrons. The van der Waals surface area contributed by atoms with E-state index < -0.39 is 29.4 Å². The summed E-state index contributed by atoms with van der Waals surface area (Å²) >= 11 is 0. The molecule has 0 aliphatic heterocycles. The van der Waals surface area contributed by atoms with Crippen LogP contribution in [-0.2, 0) is 17.5 Å². The zero-order valence-corrected chi connectivity index (χ0v) is 16.7. The summed E-state index contributed by atoms with van der Waals surface area (Å²) < 4.78 is 42.4. The van der Waals surface area contributed by atoms with Crippen LogP contribution < -0.4 is 5.69 Å². The Morgan fingerprint density at radius 3 is 2.40 bits per heavy atom. The summed E-state index contributed by atoms with van der Waals surface area (Å²) in [6.07, 6.45) is -3.49. The molecule has 1 atom stereocenters. The van der Waals surface area contributed by atoms with Crippen molar-refractivity contribution in [3.63, 3.8) is 0 Å². The molecule has 30 heavy (non-hydrogen) atoms. The number of aliphatic carboxylic acids is 1. The quantitative estimate of drug-likeness (QED) is 0.585. The third-order valence-electron chi connectivity index (χ3n) is 5.27. The van der Waals surface area contributed by atoms with Crippen LogP contribution in [0.5, 0.6) is 0 Å². The molecule has 0 spiro atoms. The third-order valence-corrected chi connectivity index (χ3v) is 5.27. The first-order chi connectivity index (χ1) is 14.1. The van der Waals surface area contributed by atoms with Crippen LogP contribution in [0.1, 0.15) is 48.9 Å². The van der Waals surface area contributed by atoms with E-state index in [-0.39, 0.29) is 13.0 Å². The molecular weight excluding hydrogens is 397 g/mol. The van der Waals surface area contributed by atoms with Gasteiger partial charge in [0.1, 0.15) is 0 Å². The van der Waals surface area contributed by atoms with E-state index in [1.165, 1.54) is 15.2 Å². The van der Waals surface area contributed by atoms with E-state index in [1.54, 1.807) is 31.2 Å². The Balaban J connectivity index is 2.16. The second kappa shape index (κ2) is 8.38. The number of benzene rings is 2. The molecule has 1 N–H and O–H groups in total. The van der Waals surface area contributed by atoms with Crippen LogP contribution in [-0.4, -0.2) is 20.2 Å². The predicted molar refractivity (Wildman–Crippen MR) is 108 cm³/mol. The van der Waals surface area contributed by atoms with E-state index in [0.29, 0.717) is 35.0 Å². The minimum atomic E-state index is -4.48. The SMILES string of the molecule is CCCC(CC(=O)O)n1c(=O)n(Cc2cc(C(F)(F)F)ccc2C)c2ccccc21. The number of carboxylic acid groups (broad SMARTS) is 1. The number of fused-ring (bicyclic) bond motifs is 1. The summed E-state index contributed by atoms with van der Waals surface area (Å²) in [5.41, 5.74) is 0.974. The van der Waals surface area contributed by atoms with E-state index in [4.69, 9.17) is 0 Å². The van der Waals surface area contributed by atoms with Crippen molar-refractivity contribution in [3.8, 4) is 0 Å². The van der Waals surface area contributed by atoms with Gasteiger partial charge in [-0.05, 0) is 48.7 Å². The first kappa shape index (κ1) is 21.7. The minimum Gasteiger partial charge on any atom is -0.481 e. The smallest absolute Gasteiger partial charge is 0.416 e. The van der Waals surface area contributed by atoms with Gasteiger partial charge in [0.05, 0.1) is 29.6 Å².